The van der Waals surface area contributed by atoms with E-state index >= 15 is 0 Å². The molecule has 0 aliphatic carbocycles. The summed E-state index contributed by atoms with van der Waals surface area (Å²) in [5.74, 6) is -1.97. The number of carboxylic acids is 2. The molecule has 0 spiro atoms. The highest BCUT2D eigenvalue weighted by molar-refractivity contribution is 5.97. The SMILES string of the molecule is Cc1ccc(C(=O)O)cc1Nc1c(CC(=O)O)c(C)nc2ccccc12. The Bertz CT molecular complexity index is 1030. The van der Waals surface area contributed by atoms with E-state index in [1.807, 2.05) is 31.2 Å². The normalized spacial score (nSPS) is 10.7. The van der Waals surface area contributed by atoms with Gasteiger partial charge >= 0.3 is 11.9 Å². The number of anilines is 2. The molecule has 1 aromatic heterocycles. The van der Waals surface area contributed by atoms with Crippen molar-refractivity contribution in [3.8, 4) is 0 Å². The maximum Gasteiger partial charge on any atom is 0.335 e. The lowest BCUT2D eigenvalue weighted by Crippen LogP contribution is -2.09. The Morgan fingerprint density at radius 1 is 1.08 bits per heavy atom. The van der Waals surface area contributed by atoms with E-state index < -0.39 is 11.9 Å². The summed E-state index contributed by atoms with van der Waals surface area (Å²) in [4.78, 5) is 27.1. The molecule has 3 N–H and O–H groups in total. The van der Waals surface area contributed by atoms with Crippen LogP contribution in [0.1, 0.15) is 27.2 Å². The highest BCUT2D eigenvalue weighted by Gasteiger charge is 2.17. The Morgan fingerprint density at radius 2 is 1.81 bits per heavy atom. The van der Waals surface area contributed by atoms with E-state index in [4.69, 9.17) is 0 Å². The number of hydrogen-bond acceptors (Lipinski definition) is 4. The van der Waals surface area contributed by atoms with Gasteiger partial charge in [0, 0.05) is 22.3 Å². The van der Waals surface area contributed by atoms with Crippen molar-refractivity contribution in [3.63, 3.8) is 0 Å². The minimum atomic E-state index is -1.02. The zero-order chi connectivity index (χ0) is 18.8. The lowest BCUT2D eigenvalue weighted by Gasteiger charge is -2.18. The van der Waals surface area contributed by atoms with E-state index in [-0.39, 0.29) is 12.0 Å². The van der Waals surface area contributed by atoms with Crippen molar-refractivity contribution in [2.75, 3.05) is 5.32 Å². The molecule has 0 fully saturated rings. The van der Waals surface area contributed by atoms with Crippen LogP contribution in [0.25, 0.3) is 10.9 Å². The molecule has 0 unspecified atom stereocenters. The molecule has 0 saturated carbocycles. The molecule has 0 radical (unpaired) electrons. The summed E-state index contributed by atoms with van der Waals surface area (Å²) in [5.41, 5.74) is 4.22. The second-order valence-corrected chi connectivity index (χ2v) is 6.10. The summed E-state index contributed by atoms with van der Waals surface area (Å²) in [6.07, 6.45) is -0.177. The van der Waals surface area contributed by atoms with Gasteiger partial charge in [-0.25, -0.2) is 4.79 Å². The van der Waals surface area contributed by atoms with Crippen molar-refractivity contribution in [2.45, 2.75) is 20.3 Å². The highest BCUT2D eigenvalue weighted by atomic mass is 16.4. The lowest BCUT2D eigenvalue weighted by atomic mass is 10.0. The number of carboxylic acid groups (broad SMARTS) is 2. The van der Waals surface area contributed by atoms with Gasteiger partial charge in [-0.15, -0.1) is 0 Å². The zero-order valence-electron chi connectivity index (χ0n) is 14.4. The van der Waals surface area contributed by atoms with E-state index in [0.29, 0.717) is 22.6 Å². The van der Waals surface area contributed by atoms with E-state index in [1.54, 1.807) is 19.1 Å². The first-order valence-electron chi connectivity index (χ1n) is 8.08. The number of fused-ring (bicyclic) bond motifs is 1. The summed E-state index contributed by atoms with van der Waals surface area (Å²) >= 11 is 0. The quantitative estimate of drug-likeness (QED) is 0.645. The lowest BCUT2D eigenvalue weighted by molar-refractivity contribution is -0.136. The number of carbonyl (C=O) groups is 2. The van der Waals surface area contributed by atoms with Crippen molar-refractivity contribution in [1.29, 1.82) is 0 Å². The minimum absolute atomic E-state index is 0.160. The third-order valence-electron chi connectivity index (χ3n) is 4.27. The second-order valence-electron chi connectivity index (χ2n) is 6.10. The molecule has 1 heterocycles. The van der Waals surface area contributed by atoms with Crippen molar-refractivity contribution in [2.24, 2.45) is 0 Å². The fraction of sp³-hybridized carbons (Fsp3) is 0.150. The molecule has 0 aliphatic rings. The molecule has 26 heavy (non-hydrogen) atoms. The fourth-order valence-electron chi connectivity index (χ4n) is 2.91. The summed E-state index contributed by atoms with van der Waals surface area (Å²) < 4.78 is 0. The number of nitrogens with zero attached hydrogens (tertiary/aromatic N) is 1. The van der Waals surface area contributed by atoms with Crippen LogP contribution in [-0.4, -0.2) is 27.1 Å². The third kappa shape index (κ3) is 3.35. The highest BCUT2D eigenvalue weighted by Crippen LogP contribution is 2.33. The number of rotatable bonds is 5. The first-order valence-corrected chi connectivity index (χ1v) is 8.08. The number of para-hydroxylation sites is 1. The Morgan fingerprint density at radius 3 is 2.50 bits per heavy atom. The molecule has 6 heteroatoms. The van der Waals surface area contributed by atoms with Crippen LogP contribution in [0.4, 0.5) is 11.4 Å². The molecular formula is C20H18N2O4. The first-order chi connectivity index (χ1) is 12.4. The number of aryl methyl sites for hydroxylation is 2. The van der Waals surface area contributed by atoms with Gasteiger partial charge in [0.1, 0.15) is 0 Å². The Kier molecular flexibility index (Phi) is 4.58. The van der Waals surface area contributed by atoms with Crippen molar-refractivity contribution < 1.29 is 19.8 Å². The van der Waals surface area contributed by atoms with Gasteiger partial charge in [0.25, 0.3) is 0 Å². The van der Waals surface area contributed by atoms with Crippen LogP contribution >= 0.6 is 0 Å². The van der Waals surface area contributed by atoms with Crippen molar-refractivity contribution in [3.05, 3.63) is 64.8 Å². The van der Waals surface area contributed by atoms with Crippen LogP contribution in [-0.2, 0) is 11.2 Å². The maximum absolute atomic E-state index is 11.3. The average molecular weight is 350 g/mol. The second kappa shape index (κ2) is 6.84. The summed E-state index contributed by atoms with van der Waals surface area (Å²) in [5, 5.41) is 22.6. The van der Waals surface area contributed by atoms with Gasteiger partial charge < -0.3 is 15.5 Å². The third-order valence-corrected chi connectivity index (χ3v) is 4.27. The summed E-state index contributed by atoms with van der Waals surface area (Å²) in [6, 6.07) is 12.3. The first kappa shape index (κ1) is 17.4. The zero-order valence-corrected chi connectivity index (χ0v) is 14.4. The topological polar surface area (TPSA) is 99.5 Å². The molecule has 0 atom stereocenters. The summed E-state index contributed by atoms with van der Waals surface area (Å²) in [6.45, 7) is 3.64. The number of pyridine rings is 1. The molecule has 0 aliphatic heterocycles. The Balaban J connectivity index is 2.21. The van der Waals surface area contributed by atoms with Gasteiger partial charge in [-0.2, -0.15) is 0 Å². The van der Waals surface area contributed by atoms with Crippen LogP contribution in [0.5, 0.6) is 0 Å². The number of aromatic nitrogens is 1. The number of benzene rings is 2. The van der Waals surface area contributed by atoms with Crippen LogP contribution in [0.15, 0.2) is 42.5 Å². The molecule has 3 aromatic rings. The van der Waals surface area contributed by atoms with Crippen molar-refractivity contribution in [1.82, 2.24) is 4.98 Å². The van der Waals surface area contributed by atoms with E-state index in [9.17, 15) is 19.8 Å². The standard InChI is InChI=1S/C20H18N2O4/c1-11-7-8-13(20(25)26)9-17(11)22-19-14-5-3-4-6-16(14)21-12(2)15(19)10-18(23)24/h3-9H,10H2,1-2H3,(H,21,22)(H,23,24)(H,25,26). The molecule has 132 valence electrons. The molecule has 3 rings (SSSR count). The van der Waals surface area contributed by atoms with Crippen LogP contribution in [0.2, 0.25) is 0 Å². The predicted molar refractivity (Wildman–Crippen MR) is 99.2 cm³/mol. The van der Waals surface area contributed by atoms with Gasteiger partial charge in [-0.3, -0.25) is 9.78 Å². The van der Waals surface area contributed by atoms with Crippen LogP contribution < -0.4 is 5.32 Å². The molecule has 0 amide bonds. The van der Waals surface area contributed by atoms with Crippen molar-refractivity contribution >= 4 is 34.2 Å². The van der Waals surface area contributed by atoms with Gasteiger partial charge in [0.15, 0.2) is 0 Å². The fourth-order valence-corrected chi connectivity index (χ4v) is 2.91. The number of hydrogen-bond donors (Lipinski definition) is 3. The smallest absolute Gasteiger partial charge is 0.335 e. The number of aliphatic carboxylic acids is 1. The van der Waals surface area contributed by atoms with E-state index in [1.165, 1.54) is 6.07 Å². The number of aromatic carboxylic acids is 1. The minimum Gasteiger partial charge on any atom is -0.481 e. The Labute approximate surface area is 150 Å². The molecule has 6 nitrogen and oxygen atoms in total. The van der Waals surface area contributed by atoms with Gasteiger partial charge in [0.05, 0.1) is 23.2 Å². The molecule has 0 bridgehead atoms. The molecule has 0 saturated heterocycles. The molecular weight excluding hydrogens is 332 g/mol. The van der Waals surface area contributed by atoms with E-state index in [2.05, 4.69) is 10.3 Å². The van der Waals surface area contributed by atoms with E-state index in [0.717, 1.165) is 16.5 Å². The molecule has 2 aromatic carbocycles. The maximum atomic E-state index is 11.3. The van der Waals surface area contributed by atoms with Gasteiger partial charge in [-0.1, -0.05) is 24.3 Å². The number of nitrogens with one attached hydrogen (secondary N) is 1. The predicted octanol–water partition coefficient (Wildman–Crippen LogP) is 3.92. The van der Waals surface area contributed by atoms with Crippen LogP contribution in [0, 0.1) is 13.8 Å². The van der Waals surface area contributed by atoms with Gasteiger partial charge in [-0.05, 0) is 37.6 Å². The largest absolute Gasteiger partial charge is 0.481 e. The Hall–Kier alpha value is -3.41. The van der Waals surface area contributed by atoms with Gasteiger partial charge in [0.2, 0.25) is 0 Å². The summed E-state index contributed by atoms with van der Waals surface area (Å²) in [7, 11) is 0. The average Bonchev–Trinajstić information content (AvgIpc) is 2.59. The van der Waals surface area contributed by atoms with Crippen LogP contribution in [0.3, 0.4) is 0 Å². The monoisotopic (exact) mass is 350 g/mol.